The first kappa shape index (κ1) is 8.16. The molecule has 1 aromatic rings. The van der Waals surface area contributed by atoms with Crippen LogP contribution in [0, 0.1) is 3.57 Å². The molecule has 0 spiro atoms. The summed E-state index contributed by atoms with van der Waals surface area (Å²) in [6.07, 6.45) is 2.57. The first-order valence-corrected chi connectivity index (χ1v) is 5.15. The Morgan fingerprint density at radius 2 is 2.17 bits per heavy atom. The van der Waals surface area contributed by atoms with E-state index in [4.69, 9.17) is 5.73 Å². The number of anilines is 2. The number of hydrogen-bond acceptors (Lipinski definition) is 2. The average Bonchev–Trinajstić information content (AvgIpc) is 2.79. The van der Waals surface area contributed by atoms with E-state index in [1.165, 1.54) is 16.4 Å². The Morgan fingerprint density at radius 1 is 1.42 bits per heavy atom. The van der Waals surface area contributed by atoms with Crippen LogP contribution in [0.3, 0.4) is 0 Å². The number of hydrogen-bond donors (Lipinski definition) is 2. The zero-order chi connectivity index (χ0) is 8.55. The van der Waals surface area contributed by atoms with Crippen LogP contribution in [0.1, 0.15) is 12.8 Å². The van der Waals surface area contributed by atoms with Crippen LogP contribution in [0.2, 0.25) is 0 Å². The summed E-state index contributed by atoms with van der Waals surface area (Å²) in [5.41, 5.74) is 7.77. The van der Waals surface area contributed by atoms with E-state index >= 15 is 0 Å². The number of rotatable bonds is 2. The van der Waals surface area contributed by atoms with Crippen molar-refractivity contribution in [1.29, 1.82) is 0 Å². The normalized spacial score (nSPS) is 16.1. The fourth-order valence-corrected chi connectivity index (χ4v) is 1.63. The molecule has 0 unspecified atom stereocenters. The molecule has 0 heterocycles. The lowest BCUT2D eigenvalue weighted by atomic mass is 10.3. The molecule has 1 aromatic carbocycles. The van der Waals surface area contributed by atoms with Crippen molar-refractivity contribution in [3.05, 3.63) is 21.8 Å². The molecule has 64 valence electrons. The summed E-state index contributed by atoms with van der Waals surface area (Å²) >= 11 is 2.26. The molecule has 0 aromatic heterocycles. The summed E-state index contributed by atoms with van der Waals surface area (Å²) in [4.78, 5) is 0. The molecule has 12 heavy (non-hydrogen) atoms. The Hall–Kier alpha value is -0.450. The van der Waals surface area contributed by atoms with Gasteiger partial charge >= 0.3 is 0 Å². The van der Waals surface area contributed by atoms with Gasteiger partial charge in [-0.05, 0) is 53.6 Å². The Kier molecular flexibility index (Phi) is 2.12. The maximum atomic E-state index is 5.83. The molecule has 1 saturated carbocycles. The second-order valence-electron chi connectivity index (χ2n) is 3.15. The maximum absolute atomic E-state index is 5.83. The Balaban J connectivity index is 2.18. The van der Waals surface area contributed by atoms with Crippen LogP contribution in [0.15, 0.2) is 18.2 Å². The van der Waals surface area contributed by atoms with E-state index in [-0.39, 0.29) is 0 Å². The average molecular weight is 274 g/mol. The number of nitrogen functional groups attached to an aromatic ring is 1. The van der Waals surface area contributed by atoms with Crippen LogP contribution < -0.4 is 11.1 Å². The summed E-state index contributed by atoms with van der Waals surface area (Å²) in [5.74, 6) is 0. The molecule has 0 atom stereocenters. The maximum Gasteiger partial charge on any atom is 0.0576 e. The predicted octanol–water partition coefficient (Wildman–Crippen LogP) is 2.45. The van der Waals surface area contributed by atoms with Crippen molar-refractivity contribution in [2.45, 2.75) is 18.9 Å². The molecule has 0 saturated heterocycles. The molecular weight excluding hydrogens is 263 g/mol. The largest absolute Gasteiger partial charge is 0.397 e. The molecule has 1 aliphatic rings. The molecule has 0 aliphatic heterocycles. The molecule has 1 aliphatic carbocycles. The minimum atomic E-state index is 0.673. The lowest BCUT2D eigenvalue weighted by molar-refractivity contribution is 1.16. The zero-order valence-corrected chi connectivity index (χ0v) is 8.84. The van der Waals surface area contributed by atoms with Crippen LogP contribution in [-0.4, -0.2) is 6.04 Å². The molecule has 0 radical (unpaired) electrons. The fourth-order valence-electron chi connectivity index (χ4n) is 1.11. The molecule has 2 rings (SSSR count). The van der Waals surface area contributed by atoms with Crippen molar-refractivity contribution in [3.8, 4) is 0 Å². The quantitative estimate of drug-likeness (QED) is 0.642. The smallest absolute Gasteiger partial charge is 0.0576 e. The van der Waals surface area contributed by atoms with Crippen LogP contribution in [0.5, 0.6) is 0 Å². The van der Waals surface area contributed by atoms with E-state index in [1.54, 1.807) is 0 Å². The highest BCUT2D eigenvalue weighted by Crippen LogP contribution is 2.28. The van der Waals surface area contributed by atoms with Crippen molar-refractivity contribution in [2.24, 2.45) is 0 Å². The number of nitrogens with two attached hydrogens (primary N) is 1. The summed E-state index contributed by atoms with van der Waals surface area (Å²) in [7, 11) is 0. The zero-order valence-electron chi connectivity index (χ0n) is 6.68. The fraction of sp³-hybridized carbons (Fsp3) is 0.333. The van der Waals surface area contributed by atoms with E-state index in [9.17, 15) is 0 Å². The third-order valence-electron chi connectivity index (χ3n) is 1.95. The van der Waals surface area contributed by atoms with Gasteiger partial charge in [-0.15, -0.1) is 0 Å². The van der Waals surface area contributed by atoms with E-state index in [0.717, 1.165) is 11.4 Å². The molecule has 3 N–H and O–H groups in total. The minimum absolute atomic E-state index is 0.673. The lowest BCUT2D eigenvalue weighted by Crippen LogP contribution is -2.03. The monoisotopic (exact) mass is 274 g/mol. The van der Waals surface area contributed by atoms with Gasteiger partial charge in [-0.1, -0.05) is 0 Å². The van der Waals surface area contributed by atoms with Gasteiger partial charge in [0.05, 0.1) is 11.4 Å². The lowest BCUT2D eigenvalue weighted by Gasteiger charge is -2.07. The second kappa shape index (κ2) is 3.12. The van der Waals surface area contributed by atoms with Crippen LogP contribution in [-0.2, 0) is 0 Å². The van der Waals surface area contributed by atoms with Gasteiger partial charge in [0.25, 0.3) is 0 Å². The third kappa shape index (κ3) is 1.83. The molecule has 3 heteroatoms. The van der Waals surface area contributed by atoms with E-state index in [1.807, 2.05) is 6.07 Å². The summed E-state index contributed by atoms with van der Waals surface area (Å²) < 4.78 is 1.19. The summed E-state index contributed by atoms with van der Waals surface area (Å²) in [6, 6.07) is 6.79. The van der Waals surface area contributed by atoms with Crippen LogP contribution in [0.25, 0.3) is 0 Å². The molecule has 0 bridgehead atoms. The van der Waals surface area contributed by atoms with E-state index < -0.39 is 0 Å². The second-order valence-corrected chi connectivity index (χ2v) is 4.40. The van der Waals surface area contributed by atoms with Gasteiger partial charge in [0.1, 0.15) is 0 Å². The van der Waals surface area contributed by atoms with E-state index in [0.29, 0.717) is 6.04 Å². The minimum Gasteiger partial charge on any atom is -0.397 e. The molecule has 0 amide bonds. The standard InChI is InChI=1S/C9H11IN2/c10-6-1-4-9(8(11)5-6)12-7-2-3-7/h1,4-5,7,12H,2-3,11H2. The van der Waals surface area contributed by atoms with Crippen molar-refractivity contribution in [3.63, 3.8) is 0 Å². The van der Waals surface area contributed by atoms with Gasteiger partial charge < -0.3 is 11.1 Å². The van der Waals surface area contributed by atoms with Crippen LogP contribution in [0.4, 0.5) is 11.4 Å². The SMILES string of the molecule is Nc1cc(I)ccc1NC1CC1. The Morgan fingerprint density at radius 3 is 2.75 bits per heavy atom. The highest BCUT2D eigenvalue weighted by atomic mass is 127. The first-order chi connectivity index (χ1) is 5.75. The number of halogens is 1. The summed E-state index contributed by atoms with van der Waals surface area (Å²) in [5, 5.41) is 3.38. The van der Waals surface area contributed by atoms with Gasteiger partial charge in [0.2, 0.25) is 0 Å². The van der Waals surface area contributed by atoms with Gasteiger partial charge in [-0.25, -0.2) is 0 Å². The summed E-state index contributed by atoms with van der Waals surface area (Å²) in [6.45, 7) is 0. The van der Waals surface area contributed by atoms with E-state index in [2.05, 4.69) is 40.0 Å². The van der Waals surface area contributed by atoms with Crippen molar-refractivity contribution >= 4 is 34.0 Å². The van der Waals surface area contributed by atoms with Crippen LogP contribution >= 0.6 is 22.6 Å². The highest BCUT2D eigenvalue weighted by Gasteiger charge is 2.21. The Labute approximate surface area is 85.7 Å². The van der Waals surface area contributed by atoms with Crippen molar-refractivity contribution in [2.75, 3.05) is 11.1 Å². The van der Waals surface area contributed by atoms with Crippen molar-refractivity contribution < 1.29 is 0 Å². The molecule has 2 nitrogen and oxygen atoms in total. The van der Waals surface area contributed by atoms with Gasteiger partial charge in [0, 0.05) is 9.61 Å². The Bertz CT molecular complexity index is 295. The topological polar surface area (TPSA) is 38.0 Å². The number of benzene rings is 1. The number of nitrogens with one attached hydrogen (secondary N) is 1. The predicted molar refractivity (Wildman–Crippen MR) is 60.2 cm³/mol. The first-order valence-electron chi connectivity index (χ1n) is 4.07. The van der Waals surface area contributed by atoms with Gasteiger partial charge in [-0.3, -0.25) is 0 Å². The molecule has 1 fully saturated rings. The van der Waals surface area contributed by atoms with Gasteiger partial charge in [0.15, 0.2) is 0 Å². The van der Waals surface area contributed by atoms with Crippen molar-refractivity contribution in [1.82, 2.24) is 0 Å². The van der Waals surface area contributed by atoms with Gasteiger partial charge in [-0.2, -0.15) is 0 Å². The molecular formula is C9H11IN2. The third-order valence-corrected chi connectivity index (χ3v) is 2.62. The highest BCUT2D eigenvalue weighted by molar-refractivity contribution is 14.1.